The number of benzene rings is 2. The van der Waals surface area contributed by atoms with E-state index in [9.17, 15) is 4.39 Å². The van der Waals surface area contributed by atoms with Crippen molar-refractivity contribution < 1.29 is 9.13 Å². The lowest BCUT2D eigenvalue weighted by atomic mass is 10.2. The molecule has 0 heterocycles. The molecule has 0 fully saturated rings. The first-order valence-electron chi connectivity index (χ1n) is 5.94. The highest BCUT2D eigenvalue weighted by Crippen LogP contribution is 2.33. The molecule has 104 valence electrons. The molecule has 0 aliphatic rings. The van der Waals surface area contributed by atoms with Crippen LogP contribution in [0.2, 0.25) is 0 Å². The summed E-state index contributed by atoms with van der Waals surface area (Å²) in [7, 11) is 0. The Hall–Kier alpha value is -1.59. The molecule has 2 aromatic carbocycles. The van der Waals surface area contributed by atoms with E-state index in [0.29, 0.717) is 16.9 Å². The summed E-state index contributed by atoms with van der Waals surface area (Å²) in [5.41, 5.74) is 6.92. The first-order chi connectivity index (χ1) is 9.54. The highest BCUT2D eigenvalue weighted by Gasteiger charge is 2.14. The monoisotopic (exact) mass is 307 g/mol. The summed E-state index contributed by atoms with van der Waals surface area (Å²) in [5, 5.41) is 0. The summed E-state index contributed by atoms with van der Waals surface area (Å²) >= 11 is 6.58. The lowest BCUT2D eigenvalue weighted by Gasteiger charge is -2.14. The SMILES string of the molecule is CSc1cccc(Oc2cccc(C)c2F)c1C(N)=S. The number of thioether (sulfide) groups is 1. The zero-order chi connectivity index (χ0) is 14.7. The second-order valence-electron chi connectivity index (χ2n) is 4.19. The summed E-state index contributed by atoms with van der Waals surface area (Å²) in [4.78, 5) is 1.14. The van der Waals surface area contributed by atoms with Gasteiger partial charge in [0.25, 0.3) is 0 Å². The lowest BCUT2D eigenvalue weighted by molar-refractivity contribution is 0.438. The summed E-state index contributed by atoms with van der Waals surface area (Å²) in [5.74, 6) is 0.255. The number of thiocarbonyl (C=S) groups is 1. The van der Waals surface area contributed by atoms with Gasteiger partial charge in [-0.2, -0.15) is 0 Å². The van der Waals surface area contributed by atoms with Crippen molar-refractivity contribution in [2.75, 3.05) is 6.26 Å². The topological polar surface area (TPSA) is 35.2 Å². The van der Waals surface area contributed by atoms with Crippen LogP contribution < -0.4 is 10.5 Å². The Morgan fingerprint density at radius 3 is 2.50 bits per heavy atom. The number of rotatable bonds is 4. The molecule has 0 saturated heterocycles. The fraction of sp³-hybridized carbons (Fsp3) is 0.133. The maximum Gasteiger partial charge on any atom is 0.168 e. The molecule has 0 radical (unpaired) electrons. The normalized spacial score (nSPS) is 10.3. The van der Waals surface area contributed by atoms with Gasteiger partial charge in [-0.1, -0.05) is 30.4 Å². The molecule has 0 spiro atoms. The molecule has 0 aromatic heterocycles. The highest BCUT2D eigenvalue weighted by atomic mass is 32.2. The third kappa shape index (κ3) is 2.94. The molecule has 2 nitrogen and oxygen atoms in total. The number of nitrogens with two attached hydrogens (primary N) is 1. The average molecular weight is 307 g/mol. The Balaban J connectivity index is 2.48. The van der Waals surface area contributed by atoms with Crippen molar-refractivity contribution in [2.45, 2.75) is 11.8 Å². The van der Waals surface area contributed by atoms with E-state index in [4.69, 9.17) is 22.7 Å². The van der Waals surface area contributed by atoms with Crippen LogP contribution in [0, 0.1) is 12.7 Å². The summed E-state index contributed by atoms with van der Waals surface area (Å²) < 4.78 is 19.7. The second kappa shape index (κ2) is 6.24. The molecule has 0 aliphatic carbocycles. The largest absolute Gasteiger partial charge is 0.453 e. The molecule has 0 bridgehead atoms. The Morgan fingerprint density at radius 2 is 1.85 bits per heavy atom. The van der Waals surface area contributed by atoms with E-state index in [0.717, 1.165) is 4.90 Å². The van der Waals surface area contributed by atoms with Gasteiger partial charge in [0.15, 0.2) is 11.6 Å². The Labute approximate surface area is 127 Å². The van der Waals surface area contributed by atoms with Gasteiger partial charge in [0.1, 0.15) is 10.7 Å². The van der Waals surface area contributed by atoms with Crippen molar-refractivity contribution in [3.63, 3.8) is 0 Å². The lowest BCUT2D eigenvalue weighted by Crippen LogP contribution is -2.12. The van der Waals surface area contributed by atoms with E-state index in [-0.39, 0.29) is 16.6 Å². The first kappa shape index (κ1) is 14.8. The van der Waals surface area contributed by atoms with Gasteiger partial charge in [0, 0.05) is 4.90 Å². The van der Waals surface area contributed by atoms with Gasteiger partial charge >= 0.3 is 0 Å². The van der Waals surface area contributed by atoms with E-state index in [1.807, 2.05) is 18.4 Å². The van der Waals surface area contributed by atoms with Gasteiger partial charge in [-0.15, -0.1) is 11.8 Å². The minimum Gasteiger partial charge on any atom is -0.453 e. The second-order valence-corrected chi connectivity index (χ2v) is 5.47. The van der Waals surface area contributed by atoms with E-state index in [2.05, 4.69) is 0 Å². The standard InChI is InChI=1S/C15H14FNOS2/c1-9-5-3-7-11(14(9)16)18-10-6-4-8-12(20-2)13(10)15(17)19/h3-8H,1-2H3,(H2,17,19). The third-order valence-electron chi connectivity index (χ3n) is 2.83. The molecular formula is C15H14FNOS2. The third-order valence-corrected chi connectivity index (χ3v) is 3.81. The molecule has 2 N–H and O–H groups in total. The molecular weight excluding hydrogens is 293 g/mol. The predicted molar refractivity (Wildman–Crippen MR) is 85.3 cm³/mol. The minimum absolute atomic E-state index is 0.167. The van der Waals surface area contributed by atoms with Crippen molar-refractivity contribution in [1.82, 2.24) is 0 Å². The van der Waals surface area contributed by atoms with Crippen molar-refractivity contribution >= 4 is 29.0 Å². The van der Waals surface area contributed by atoms with Gasteiger partial charge in [-0.25, -0.2) is 4.39 Å². The fourth-order valence-electron chi connectivity index (χ4n) is 1.83. The first-order valence-corrected chi connectivity index (χ1v) is 7.57. The smallest absolute Gasteiger partial charge is 0.168 e. The fourth-order valence-corrected chi connectivity index (χ4v) is 2.73. The van der Waals surface area contributed by atoms with Crippen molar-refractivity contribution in [3.8, 4) is 11.5 Å². The van der Waals surface area contributed by atoms with Crippen molar-refractivity contribution in [1.29, 1.82) is 0 Å². The number of hydrogen-bond acceptors (Lipinski definition) is 3. The molecule has 0 saturated carbocycles. The van der Waals surface area contributed by atoms with Crippen LogP contribution in [-0.2, 0) is 0 Å². The average Bonchev–Trinajstić information content (AvgIpc) is 2.43. The van der Waals surface area contributed by atoms with Crippen molar-refractivity contribution in [3.05, 3.63) is 53.3 Å². The van der Waals surface area contributed by atoms with Crippen LogP contribution in [0.25, 0.3) is 0 Å². The van der Waals surface area contributed by atoms with E-state index in [1.54, 1.807) is 31.2 Å². The summed E-state index contributed by atoms with van der Waals surface area (Å²) in [6, 6.07) is 10.5. The van der Waals surface area contributed by atoms with E-state index < -0.39 is 0 Å². The number of hydrogen-bond donors (Lipinski definition) is 1. The molecule has 0 unspecified atom stereocenters. The summed E-state index contributed by atoms with van der Waals surface area (Å²) in [6.45, 7) is 1.69. The molecule has 2 rings (SSSR count). The van der Waals surface area contributed by atoms with Crippen LogP contribution in [0.3, 0.4) is 0 Å². The predicted octanol–water partition coefficient (Wildman–Crippen LogP) is 4.28. The number of ether oxygens (including phenoxy) is 1. The van der Waals surface area contributed by atoms with Gasteiger partial charge in [-0.05, 0) is 36.9 Å². The van der Waals surface area contributed by atoms with Crippen LogP contribution >= 0.6 is 24.0 Å². The quantitative estimate of drug-likeness (QED) is 0.675. The Morgan fingerprint density at radius 1 is 1.20 bits per heavy atom. The van der Waals surface area contributed by atoms with E-state index >= 15 is 0 Å². The van der Waals surface area contributed by atoms with Gasteiger partial charge < -0.3 is 10.5 Å². The van der Waals surface area contributed by atoms with Crippen LogP contribution in [0.1, 0.15) is 11.1 Å². The highest BCUT2D eigenvalue weighted by molar-refractivity contribution is 7.98. The molecule has 2 aromatic rings. The zero-order valence-electron chi connectivity index (χ0n) is 11.1. The van der Waals surface area contributed by atoms with Gasteiger partial charge in [-0.3, -0.25) is 0 Å². The van der Waals surface area contributed by atoms with Crippen LogP contribution in [-0.4, -0.2) is 11.2 Å². The molecule has 0 atom stereocenters. The van der Waals surface area contributed by atoms with Gasteiger partial charge in [0.05, 0.1) is 5.56 Å². The van der Waals surface area contributed by atoms with Crippen LogP contribution in [0.4, 0.5) is 4.39 Å². The molecule has 5 heteroatoms. The van der Waals surface area contributed by atoms with Gasteiger partial charge in [0.2, 0.25) is 0 Å². The number of halogens is 1. The van der Waals surface area contributed by atoms with Crippen LogP contribution in [0.15, 0.2) is 41.3 Å². The molecule has 20 heavy (non-hydrogen) atoms. The maximum absolute atomic E-state index is 14.0. The van der Waals surface area contributed by atoms with E-state index in [1.165, 1.54) is 11.8 Å². The zero-order valence-corrected chi connectivity index (χ0v) is 12.8. The van der Waals surface area contributed by atoms with Crippen molar-refractivity contribution in [2.24, 2.45) is 5.73 Å². The molecule has 0 aliphatic heterocycles. The Bertz CT molecular complexity index is 658. The summed E-state index contributed by atoms with van der Waals surface area (Å²) in [6.07, 6.45) is 1.92. The number of aryl methyl sites for hydroxylation is 1. The van der Waals surface area contributed by atoms with Crippen LogP contribution in [0.5, 0.6) is 11.5 Å². The minimum atomic E-state index is -0.379. The maximum atomic E-state index is 14.0. The Kier molecular flexibility index (Phi) is 4.62. The molecule has 0 amide bonds.